The fourth-order valence-corrected chi connectivity index (χ4v) is 3.96. The van der Waals surface area contributed by atoms with Gasteiger partial charge in [-0.1, -0.05) is 6.07 Å². The fourth-order valence-electron chi connectivity index (χ4n) is 3.96. The first-order valence-electron chi connectivity index (χ1n) is 9.66. The quantitative estimate of drug-likeness (QED) is 0.719. The van der Waals surface area contributed by atoms with Crippen LogP contribution >= 0.6 is 0 Å². The summed E-state index contributed by atoms with van der Waals surface area (Å²) in [6, 6.07) is 5.32. The standard InChI is InChI=1S/C20H24FN5O3/c1-20(2)16-15(11-26(20)19(29)25-8-6-14(27)7-9-25)17(24-23-16)22-18(28)12-4-3-5-13(21)10-12/h3-5,10,14,27H,6-9,11H2,1-2H3,(H2,22,23,24,28). The number of aromatic amines is 1. The molecule has 154 valence electrons. The number of aliphatic hydroxyl groups is 1. The van der Waals surface area contributed by atoms with E-state index in [-0.39, 0.29) is 17.7 Å². The first-order valence-corrected chi connectivity index (χ1v) is 9.66. The van der Waals surface area contributed by atoms with Crippen LogP contribution in [0.1, 0.15) is 48.3 Å². The molecule has 0 bridgehead atoms. The number of benzene rings is 1. The van der Waals surface area contributed by atoms with Crippen LogP contribution in [0.5, 0.6) is 0 Å². The average Bonchev–Trinajstić information content (AvgIpc) is 3.20. The Morgan fingerprint density at radius 3 is 2.72 bits per heavy atom. The van der Waals surface area contributed by atoms with Gasteiger partial charge in [0, 0.05) is 24.2 Å². The molecule has 4 rings (SSSR count). The van der Waals surface area contributed by atoms with Crippen molar-refractivity contribution in [1.29, 1.82) is 0 Å². The maximum absolute atomic E-state index is 13.4. The number of hydrogen-bond acceptors (Lipinski definition) is 4. The Morgan fingerprint density at radius 1 is 1.31 bits per heavy atom. The lowest BCUT2D eigenvalue weighted by molar-refractivity contribution is 0.0649. The number of piperidine rings is 1. The van der Waals surface area contributed by atoms with Gasteiger partial charge >= 0.3 is 6.03 Å². The van der Waals surface area contributed by atoms with Gasteiger partial charge in [-0.25, -0.2) is 9.18 Å². The van der Waals surface area contributed by atoms with E-state index in [0.717, 1.165) is 17.3 Å². The number of carbonyl (C=O) groups excluding carboxylic acids is 2. The highest BCUT2D eigenvalue weighted by Crippen LogP contribution is 2.41. The van der Waals surface area contributed by atoms with Crippen molar-refractivity contribution in [3.05, 3.63) is 46.9 Å². The number of urea groups is 1. The van der Waals surface area contributed by atoms with Gasteiger partial charge in [0.1, 0.15) is 5.82 Å². The molecule has 1 saturated heterocycles. The van der Waals surface area contributed by atoms with Gasteiger partial charge in [0.2, 0.25) is 0 Å². The summed E-state index contributed by atoms with van der Waals surface area (Å²) in [6.07, 6.45) is 0.788. The number of aliphatic hydroxyl groups excluding tert-OH is 1. The maximum Gasteiger partial charge on any atom is 0.321 e. The van der Waals surface area contributed by atoms with Crippen LogP contribution in [0.3, 0.4) is 0 Å². The second-order valence-electron chi connectivity index (χ2n) is 8.04. The summed E-state index contributed by atoms with van der Waals surface area (Å²) in [5, 5.41) is 19.6. The molecule has 3 N–H and O–H groups in total. The average molecular weight is 401 g/mol. The minimum atomic E-state index is -0.628. The van der Waals surface area contributed by atoms with E-state index in [1.165, 1.54) is 18.2 Å². The number of hydrogen-bond donors (Lipinski definition) is 3. The van der Waals surface area contributed by atoms with Crippen molar-refractivity contribution < 1.29 is 19.1 Å². The summed E-state index contributed by atoms with van der Waals surface area (Å²) < 4.78 is 13.4. The zero-order valence-electron chi connectivity index (χ0n) is 16.4. The molecule has 0 aliphatic carbocycles. The molecule has 0 spiro atoms. The van der Waals surface area contributed by atoms with E-state index in [1.807, 2.05) is 13.8 Å². The largest absolute Gasteiger partial charge is 0.393 e. The lowest BCUT2D eigenvalue weighted by Gasteiger charge is -2.38. The molecule has 1 aromatic heterocycles. The van der Waals surface area contributed by atoms with Crippen molar-refractivity contribution in [3.8, 4) is 0 Å². The van der Waals surface area contributed by atoms with Gasteiger partial charge in [-0.15, -0.1) is 0 Å². The summed E-state index contributed by atoms with van der Waals surface area (Å²) >= 11 is 0. The molecule has 0 unspecified atom stereocenters. The highest BCUT2D eigenvalue weighted by molar-refractivity contribution is 6.04. The molecule has 9 heteroatoms. The van der Waals surface area contributed by atoms with Crippen LogP contribution in [0.4, 0.5) is 15.0 Å². The summed E-state index contributed by atoms with van der Waals surface area (Å²) in [4.78, 5) is 29.1. The van der Waals surface area contributed by atoms with Crippen molar-refractivity contribution in [3.63, 3.8) is 0 Å². The Kier molecular flexibility index (Phi) is 4.77. The third-order valence-electron chi connectivity index (χ3n) is 5.75. The molecular formula is C20H24FN5O3. The summed E-state index contributed by atoms with van der Waals surface area (Å²) in [7, 11) is 0. The zero-order chi connectivity index (χ0) is 20.8. The predicted octanol–water partition coefficient (Wildman–Crippen LogP) is 2.43. The van der Waals surface area contributed by atoms with E-state index in [4.69, 9.17) is 0 Å². The van der Waals surface area contributed by atoms with Crippen LogP contribution in [0.2, 0.25) is 0 Å². The third kappa shape index (κ3) is 3.46. The second kappa shape index (κ2) is 7.14. The molecule has 2 aliphatic rings. The molecule has 3 heterocycles. The van der Waals surface area contributed by atoms with Crippen molar-refractivity contribution in [1.82, 2.24) is 20.0 Å². The summed E-state index contributed by atoms with van der Waals surface area (Å²) in [6.45, 7) is 5.18. The van der Waals surface area contributed by atoms with Gasteiger partial charge in [0.05, 0.1) is 23.9 Å². The van der Waals surface area contributed by atoms with Gasteiger partial charge in [-0.2, -0.15) is 5.10 Å². The van der Waals surface area contributed by atoms with Crippen molar-refractivity contribution in [2.75, 3.05) is 18.4 Å². The highest BCUT2D eigenvalue weighted by atomic mass is 19.1. The van der Waals surface area contributed by atoms with Crippen molar-refractivity contribution >= 4 is 17.8 Å². The molecule has 8 nitrogen and oxygen atoms in total. The monoisotopic (exact) mass is 401 g/mol. The number of carbonyl (C=O) groups is 2. The number of aromatic nitrogens is 2. The Bertz CT molecular complexity index is 949. The summed E-state index contributed by atoms with van der Waals surface area (Å²) in [5.74, 6) is -0.618. The lowest BCUT2D eigenvalue weighted by Crippen LogP contribution is -2.51. The second-order valence-corrected chi connectivity index (χ2v) is 8.04. The number of nitrogens with zero attached hydrogens (tertiary/aromatic N) is 3. The minimum Gasteiger partial charge on any atom is -0.393 e. The van der Waals surface area contributed by atoms with Gasteiger partial charge in [-0.3, -0.25) is 9.89 Å². The topological polar surface area (TPSA) is 102 Å². The maximum atomic E-state index is 13.4. The number of rotatable bonds is 2. The predicted molar refractivity (Wildman–Crippen MR) is 104 cm³/mol. The van der Waals surface area contributed by atoms with Crippen LogP contribution < -0.4 is 5.32 Å². The Morgan fingerprint density at radius 2 is 2.03 bits per heavy atom. The zero-order valence-corrected chi connectivity index (χ0v) is 16.4. The van der Waals surface area contributed by atoms with Crippen molar-refractivity contribution in [2.24, 2.45) is 0 Å². The Labute approximate surface area is 167 Å². The minimum absolute atomic E-state index is 0.103. The molecular weight excluding hydrogens is 377 g/mol. The fraction of sp³-hybridized carbons (Fsp3) is 0.450. The molecule has 1 fully saturated rings. The van der Waals surface area contributed by atoms with Crippen LogP contribution in [0.15, 0.2) is 24.3 Å². The van der Waals surface area contributed by atoms with Gasteiger partial charge < -0.3 is 20.2 Å². The molecule has 29 heavy (non-hydrogen) atoms. The molecule has 0 atom stereocenters. The SMILES string of the molecule is CC1(C)c2[nH]nc(NC(=O)c3cccc(F)c3)c2CN1C(=O)N1CCC(O)CC1. The summed E-state index contributed by atoms with van der Waals surface area (Å²) in [5.41, 5.74) is 1.07. The number of nitrogens with one attached hydrogen (secondary N) is 2. The molecule has 0 saturated carbocycles. The number of likely N-dealkylation sites (tertiary alicyclic amines) is 1. The number of anilines is 1. The Hall–Kier alpha value is -2.94. The number of amides is 3. The first-order chi connectivity index (χ1) is 13.8. The van der Waals surface area contributed by atoms with Crippen LogP contribution in [0, 0.1) is 5.82 Å². The van der Waals surface area contributed by atoms with E-state index >= 15 is 0 Å². The van der Waals surface area contributed by atoms with Crippen LogP contribution in [-0.2, 0) is 12.1 Å². The lowest BCUT2D eigenvalue weighted by atomic mass is 10.0. The van der Waals surface area contributed by atoms with Gasteiger partial charge in [0.15, 0.2) is 5.82 Å². The molecule has 1 aromatic carbocycles. The van der Waals surface area contributed by atoms with Crippen molar-refractivity contribution in [2.45, 2.75) is 44.9 Å². The normalized spacial score (nSPS) is 18.6. The number of fused-ring (bicyclic) bond motifs is 1. The number of halogens is 1. The molecule has 3 amide bonds. The first kappa shape index (κ1) is 19.4. The molecule has 2 aromatic rings. The number of H-pyrrole nitrogens is 1. The van der Waals surface area contributed by atoms with E-state index in [0.29, 0.717) is 38.3 Å². The van der Waals surface area contributed by atoms with Crippen LogP contribution in [-0.4, -0.2) is 56.2 Å². The van der Waals surface area contributed by atoms with Crippen LogP contribution in [0.25, 0.3) is 0 Å². The third-order valence-corrected chi connectivity index (χ3v) is 5.75. The van der Waals surface area contributed by atoms with Gasteiger partial charge in [0.25, 0.3) is 5.91 Å². The van der Waals surface area contributed by atoms with E-state index < -0.39 is 17.3 Å². The molecule has 0 radical (unpaired) electrons. The van der Waals surface area contributed by atoms with E-state index in [1.54, 1.807) is 9.80 Å². The van der Waals surface area contributed by atoms with E-state index in [2.05, 4.69) is 15.5 Å². The smallest absolute Gasteiger partial charge is 0.321 e. The van der Waals surface area contributed by atoms with E-state index in [9.17, 15) is 19.1 Å². The van der Waals surface area contributed by atoms with Gasteiger partial charge in [-0.05, 0) is 44.9 Å². The highest BCUT2D eigenvalue weighted by Gasteiger charge is 2.45. The Balaban J connectivity index is 1.53. The molecule has 2 aliphatic heterocycles.